The maximum Gasteiger partial charge on any atom is 0.416 e. The highest BCUT2D eigenvalue weighted by atomic mass is 19.4. The fraction of sp³-hybridized carbons (Fsp3) is 0.360. The van der Waals surface area contributed by atoms with Crippen molar-refractivity contribution >= 4 is 5.97 Å². The SMILES string of the molecule is CC(COc1cccc(CC(=O)O)c1)c1cn(-c2ccc(C(F)(F)F)cc2)nc1C(C)(C)C. The Morgan fingerprint density at radius 2 is 1.79 bits per heavy atom. The molecule has 2 aromatic carbocycles. The Bertz CT molecular complexity index is 1110. The van der Waals surface area contributed by atoms with Crippen LogP contribution in [-0.2, 0) is 22.8 Å². The Hall–Kier alpha value is -3.29. The van der Waals surface area contributed by atoms with Crippen LogP contribution in [0.3, 0.4) is 0 Å². The van der Waals surface area contributed by atoms with Gasteiger partial charge in [0.15, 0.2) is 0 Å². The van der Waals surface area contributed by atoms with Gasteiger partial charge in [0.1, 0.15) is 5.75 Å². The van der Waals surface area contributed by atoms with E-state index in [-0.39, 0.29) is 17.8 Å². The fourth-order valence-electron chi connectivity index (χ4n) is 3.50. The number of carboxylic acids is 1. The normalized spacial score (nSPS) is 13.1. The number of nitrogens with zero attached hydrogens (tertiary/aromatic N) is 2. The van der Waals surface area contributed by atoms with Gasteiger partial charge < -0.3 is 9.84 Å². The summed E-state index contributed by atoms with van der Waals surface area (Å²) in [6.07, 6.45) is -2.64. The highest BCUT2D eigenvalue weighted by Crippen LogP contribution is 2.32. The van der Waals surface area contributed by atoms with E-state index in [9.17, 15) is 18.0 Å². The van der Waals surface area contributed by atoms with Gasteiger partial charge in [-0.15, -0.1) is 0 Å². The molecule has 0 aliphatic heterocycles. The Labute approximate surface area is 190 Å². The van der Waals surface area contributed by atoms with Gasteiger partial charge >= 0.3 is 12.1 Å². The molecule has 1 aromatic heterocycles. The van der Waals surface area contributed by atoms with Crippen molar-refractivity contribution in [1.82, 2.24) is 9.78 Å². The molecule has 0 aliphatic carbocycles. The van der Waals surface area contributed by atoms with Crippen molar-refractivity contribution in [2.45, 2.75) is 51.6 Å². The van der Waals surface area contributed by atoms with Gasteiger partial charge in [-0.2, -0.15) is 18.3 Å². The first kappa shape index (κ1) is 24.4. The van der Waals surface area contributed by atoms with Crippen LogP contribution < -0.4 is 4.74 Å². The van der Waals surface area contributed by atoms with Gasteiger partial charge in [0.25, 0.3) is 0 Å². The predicted molar refractivity (Wildman–Crippen MR) is 119 cm³/mol. The van der Waals surface area contributed by atoms with E-state index >= 15 is 0 Å². The van der Waals surface area contributed by atoms with Crippen LogP contribution in [0, 0.1) is 0 Å². The number of carboxylic acid groups (broad SMARTS) is 1. The van der Waals surface area contributed by atoms with Crippen molar-refractivity contribution < 1.29 is 27.8 Å². The highest BCUT2D eigenvalue weighted by molar-refractivity contribution is 5.70. The number of aromatic nitrogens is 2. The zero-order chi connectivity index (χ0) is 24.4. The summed E-state index contributed by atoms with van der Waals surface area (Å²) in [4.78, 5) is 10.9. The van der Waals surface area contributed by atoms with Gasteiger partial charge in [0.2, 0.25) is 0 Å². The van der Waals surface area contributed by atoms with Crippen molar-refractivity contribution in [3.8, 4) is 11.4 Å². The quantitative estimate of drug-likeness (QED) is 0.470. The minimum Gasteiger partial charge on any atom is -0.493 e. The van der Waals surface area contributed by atoms with Crippen LogP contribution in [0.15, 0.2) is 54.7 Å². The van der Waals surface area contributed by atoms with Gasteiger partial charge in [-0.25, -0.2) is 4.68 Å². The third-order valence-electron chi connectivity index (χ3n) is 5.20. The van der Waals surface area contributed by atoms with Crippen molar-refractivity contribution in [1.29, 1.82) is 0 Å². The Kier molecular flexibility index (Phi) is 6.86. The van der Waals surface area contributed by atoms with Gasteiger partial charge in [0, 0.05) is 23.1 Å². The van der Waals surface area contributed by atoms with Gasteiger partial charge in [-0.1, -0.05) is 39.8 Å². The Balaban J connectivity index is 1.83. The molecule has 0 saturated heterocycles. The number of ether oxygens (including phenoxy) is 1. The van der Waals surface area contributed by atoms with E-state index in [4.69, 9.17) is 9.84 Å². The molecule has 1 heterocycles. The molecule has 176 valence electrons. The van der Waals surface area contributed by atoms with Crippen molar-refractivity contribution in [2.75, 3.05) is 6.61 Å². The third kappa shape index (κ3) is 6.15. The lowest BCUT2D eigenvalue weighted by molar-refractivity contribution is -0.138. The van der Waals surface area contributed by atoms with Crippen molar-refractivity contribution in [3.63, 3.8) is 0 Å². The lowest BCUT2D eigenvalue weighted by atomic mass is 9.86. The summed E-state index contributed by atoms with van der Waals surface area (Å²) in [5.74, 6) is -0.399. The monoisotopic (exact) mass is 460 g/mol. The summed E-state index contributed by atoms with van der Waals surface area (Å²) in [7, 11) is 0. The first-order valence-electron chi connectivity index (χ1n) is 10.6. The van der Waals surface area contributed by atoms with Crippen LogP contribution in [-0.4, -0.2) is 27.5 Å². The summed E-state index contributed by atoms with van der Waals surface area (Å²) in [6, 6.07) is 11.9. The van der Waals surface area contributed by atoms with Crippen molar-refractivity contribution in [3.05, 3.63) is 77.1 Å². The number of aliphatic carboxylic acids is 1. The smallest absolute Gasteiger partial charge is 0.416 e. The summed E-state index contributed by atoms with van der Waals surface area (Å²) >= 11 is 0. The van der Waals surface area contributed by atoms with Crippen LogP contribution in [0.2, 0.25) is 0 Å². The molecule has 0 bridgehead atoms. The molecular weight excluding hydrogens is 433 g/mol. The molecule has 0 fully saturated rings. The van der Waals surface area contributed by atoms with Crippen LogP contribution in [0.1, 0.15) is 56.0 Å². The van der Waals surface area contributed by atoms with E-state index in [2.05, 4.69) is 5.10 Å². The van der Waals surface area contributed by atoms with Crippen LogP contribution in [0.5, 0.6) is 5.75 Å². The minimum atomic E-state index is -4.39. The van der Waals surface area contributed by atoms with E-state index in [0.29, 0.717) is 23.6 Å². The van der Waals surface area contributed by atoms with Crippen molar-refractivity contribution in [2.24, 2.45) is 0 Å². The molecule has 0 amide bonds. The average Bonchev–Trinajstić information content (AvgIpc) is 3.17. The van der Waals surface area contributed by atoms with Crippen LogP contribution in [0.25, 0.3) is 5.69 Å². The molecule has 1 N–H and O–H groups in total. The maximum absolute atomic E-state index is 12.9. The molecule has 33 heavy (non-hydrogen) atoms. The number of benzene rings is 2. The molecule has 0 saturated carbocycles. The first-order chi connectivity index (χ1) is 15.3. The lowest BCUT2D eigenvalue weighted by Crippen LogP contribution is -2.17. The predicted octanol–water partition coefficient (Wildman–Crippen LogP) is 6.00. The second-order valence-corrected chi connectivity index (χ2v) is 9.10. The molecule has 0 spiro atoms. The highest BCUT2D eigenvalue weighted by Gasteiger charge is 2.30. The number of halogens is 3. The second kappa shape index (κ2) is 9.29. The first-order valence-corrected chi connectivity index (χ1v) is 10.6. The molecule has 3 rings (SSSR count). The van der Waals surface area contributed by atoms with E-state index in [1.54, 1.807) is 28.9 Å². The largest absolute Gasteiger partial charge is 0.493 e. The number of rotatable bonds is 7. The number of hydrogen-bond donors (Lipinski definition) is 1. The Morgan fingerprint density at radius 3 is 2.36 bits per heavy atom. The third-order valence-corrected chi connectivity index (χ3v) is 5.20. The molecule has 3 aromatic rings. The zero-order valence-electron chi connectivity index (χ0n) is 19.0. The van der Waals surface area contributed by atoms with E-state index in [0.717, 1.165) is 23.4 Å². The molecular formula is C25H27F3N2O3. The fourth-order valence-corrected chi connectivity index (χ4v) is 3.50. The molecule has 1 unspecified atom stereocenters. The van der Waals surface area contributed by atoms with E-state index in [1.165, 1.54) is 12.1 Å². The average molecular weight is 460 g/mol. The summed E-state index contributed by atoms with van der Waals surface area (Å²) in [6.45, 7) is 8.40. The van der Waals surface area contributed by atoms with E-state index in [1.807, 2.05) is 33.9 Å². The standard InChI is InChI=1S/C25H27F3N2O3/c1-16(15-33-20-7-5-6-17(12-20)13-22(31)32)21-14-30(29-23(21)24(2,3)4)19-10-8-18(9-11-19)25(26,27)28/h5-12,14,16H,13,15H2,1-4H3,(H,31,32). The van der Waals surface area contributed by atoms with Gasteiger partial charge in [-0.3, -0.25) is 4.79 Å². The molecule has 0 aliphatic rings. The minimum absolute atomic E-state index is 0.0643. The molecule has 5 nitrogen and oxygen atoms in total. The maximum atomic E-state index is 12.9. The van der Waals surface area contributed by atoms with Crippen LogP contribution >= 0.6 is 0 Å². The van der Waals surface area contributed by atoms with Crippen LogP contribution in [0.4, 0.5) is 13.2 Å². The molecule has 0 radical (unpaired) electrons. The summed E-state index contributed by atoms with van der Waals surface area (Å²) in [5.41, 5.74) is 1.96. The summed E-state index contributed by atoms with van der Waals surface area (Å²) < 4.78 is 46.2. The van der Waals surface area contributed by atoms with Gasteiger partial charge in [0.05, 0.1) is 30.0 Å². The number of carbonyl (C=O) groups is 1. The topological polar surface area (TPSA) is 64.3 Å². The Morgan fingerprint density at radius 1 is 1.12 bits per heavy atom. The van der Waals surface area contributed by atoms with E-state index < -0.39 is 17.7 Å². The molecule has 8 heteroatoms. The summed E-state index contributed by atoms with van der Waals surface area (Å²) in [5, 5.41) is 13.7. The van der Waals surface area contributed by atoms with Gasteiger partial charge in [-0.05, 0) is 42.0 Å². The second-order valence-electron chi connectivity index (χ2n) is 9.10. The molecule has 1 atom stereocenters. The number of hydrogen-bond acceptors (Lipinski definition) is 3. The zero-order valence-corrected chi connectivity index (χ0v) is 19.0. The lowest BCUT2D eigenvalue weighted by Gasteiger charge is -2.20. The number of alkyl halides is 3.